The number of amides is 1. The number of benzene rings is 1. The van der Waals surface area contributed by atoms with E-state index in [2.05, 4.69) is 5.32 Å². The highest BCUT2D eigenvalue weighted by molar-refractivity contribution is 8.00. The molecule has 1 atom stereocenters. The zero-order chi connectivity index (χ0) is 15.5. The van der Waals surface area contributed by atoms with Gasteiger partial charge in [-0.2, -0.15) is 0 Å². The van der Waals surface area contributed by atoms with Gasteiger partial charge in [0.15, 0.2) is 0 Å². The van der Waals surface area contributed by atoms with Crippen LogP contribution < -0.4 is 5.32 Å². The minimum Gasteiger partial charge on any atom is -0.478 e. The molecule has 0 fully saturated rings. The maximum atomic E-state index is 12.0. The second-order valence-electron chi connectivity index (χ2n) is 5.45. The predicted molar refractivity (Wildman–Crippen MR) is 81.6 cm³/mol. The van der Waals surface area contributed by atoms with Crippen LogP contribution in [0.1, 0.15) is 38.1 Å². The Balaban J connectivity index is 2.81. The average Bonchev–Trinajstić information content (AvgIpc) is 2.28. The van der Waals surface area contributed by atoms with E-state index in [9.17, 15) is 9.59 Å². The molecule has 1 rings (SSSR count). The van der Waals surface area contributed by atoms with Crippen LogP contribution in [0.15, 0.2) is 23.1 Å². The summed E-state index contributed by atoms with van der Waals surface area (Å²) in [6, 6.07) is 4.72. The summed E-state index contributed by atoms with van der Waals surface area (Å²) < 4.78 is 0. The maximum absolute atomic E-state index is 12.0. The molecule has 0 radical (unpaired) electrons. The van der Waals surface area contributed by atoms with Gasteiger partial charge in [0.1, 0.15) is 0 Å². The van der Waals surface area contributed by atoms with Gasteiger partial charge in [0, 0.05) is 10.4 Å². The molecule has 1 aromatic carbocycles. The van der Waals surface area contributed by atoms with Crippen molar-refractivity contribution in [3.8, 4) is 0 Å². The number of aromatic carboxylic acids is 1. The third-order valence-corrected chi connectivity index (χ3v) is 3.77. The number of carbonyl (C=O) groups excluding carboxylic acids is 1. The van der Waals surface area contributed by atoms with Crippen molar-refractivity contribution in [3.63, 3.8) is 0 Å². The van der Waals surface area contributed by atoms with Gasteiger partial charge in [0.25, 0.3) is 0 Å². The van der Waals surface area contributed by atoms with E-state index in [0.29, 0.717) is 4.90 Å². The molecule has 4 nitrogen and oxygen atoms in total. The zero-order valence-corrected chi connectivity index (χ0v) is 13.4. The smallest absolute Gasteiger partial charge is 0.337 e. The Morgan fingerprint density at radius 1 is 1.35 bits per heavy atom. The summed E-state index contributed by atoms with van der Waals surface area (Å²) >= 11 is 7.11. The summed E-state index contributed by atoms with van der Waals surface area (Å²) in [4.78, 5) is 23.7. The van der Waals surface area contributed by atoms with Crippen molar-refractivity contribution in [2.75, 3.05) is 0 Å². The molecular formula is C14H18ClNO3S. The molecule has 0 saturated carbocycles. The first kappa shape index (κ1) is 16.9. The largest absolute Gasteiger partial charge is 0.478 e. The fourth-order valence-electron chi connectivity index (χ4n) is 1.47. The third kappa shape index (κ3) is 5.06. The van der Waals surface area contributed by atoms with E-state index in [-0.39, 0.29) is 27.3 Å². The fraction of sp³-hybridized carbons (Fsp3) is 0.429. The molecule has 0 aliphatic rings. The van der Waals surface area contributed by atoms with Crippen LogP contribution >= 0.6 is 23.4 Å². The summed E-state index contributed by atoms with van der Waals surface area (Å²) in [6.07, 6.45) is 0. The maximum Gasteiger partial charge on any atom is 0.337 e. The van der Waals surface area contributed by atoms with Crippen molar-refractivity contribution in [3.05, 3.63) is 28.8 Å². The molecule has 1 unspecified atom stereocenters. The molecule has 2 N–H and O–H groups in total. The first-order valence-corrected chi connectivity index (χ1v) is 7.37. The standard InChI is InChI=1S/C14H18ClNO3S/c1-8(12(17)16-14(2,3)4)20-9-5-6-11(15)10(7-9)13(18)19/h5-8H,1-4H3,(H,16,17)(H,18,19). The van der Waals surface area contributed by atoms with Crippen LogP contribution in [0.3, 0.4) is 0 Å². The second-order valence-corrected chi connectivity index (χ2v) is 7.27. The molecule has 0 aliphatic heterocycles. The number of thioether (sulfide) groups is 1. The Kier molecular flexibility index (Phi) is 5.48. The molecule has 6 heteroatoms. The lowest BCUT2D eigenvalue weighted by Gasteiger charge is -2.23. The third-order valence-electron chi connectivity index (χ3n) is 2.35. The molecule has 20 heavy (non-hydrogen) atoms. The van der Waals surface area contributed by atoms with Crippen molar-refractivity contribution >= 4 is 35.2 Å². The number of nitrogens with one attached hydrogen (secondary N) is 1. The van der Waals surface area contributed by atoms with Crippen LogP contribution in [-0.2, 0) is 4.79 Å². The molecule has 0 aromatic heterocycles. The van der Waals surface area contributed by atoms with E-state index >= 15 is 0 Å². The number of carbonyl (C=O) groups is 2. The molecule has 1 aromatic rings. The highest BCUT2D eigenvalue weighted by Gasteiger charge is 2.20. The Labute approximate surface area is 127 Å². The van der Waals surface area contributed by atoms with Gasteiger partial charge in [-0.1, -0.05) is 11.6 Å². The number of hydrogen-bond acceptors (Lipinski definition) is 3. The zero-order valence-electron chi connectivity index (χ0n) is 11.9. The molecule has 1 amide bonds. The molecule has 0 bridgehead atoms. The monoisotopic (exact) mass is 315 g/mol. The lowest BCUT2D eigenvalue weighted by atomic mass is 10.1. The number of carboxylic acids is 1. The van der Waals surface area contributed by atoms with Crippen LogP contribution in [0.2, 0.25) is 5.02 Å². The Morgan fingerprint density at radius 2 is 1.95 bits per heavy atom. The molecule has 0 heterocycles. The normalized spacial score (nSPS) is 12.8. The lowest BCUT2D eigenvalue weighted by molar-refractivity contribution is -0.121. The topological polar surface area (TPSA) is 66.4 Å². The van der Waals surface area contributed by atoms with E-state index in [1.165, 1.54) is 23.9 Å². The first-order chi connectivity index (χ1) is 9.10. The van der Waals surface area contributed by atoms with Gasteiger partial charge in [-0.25, -0.2) is 4.79 Å². The van der Waals surface area contributed by atoms with Gasteiger partial charge in [0.2, 0.25) is 5.91 Å². The molecule has 0 saturated heterocycles. The Morgan fingerprint density at radius 3 is 2.45 bits per heavy atom. The van der Waals surface area contributed by atoms with Crippen LogP contribution in [0.25, 0.3) is 0 Å². The summed E-state index contributed by atoms with van der Waals surface area (Å²) in [5.74, 6) is -1.17. The highest BCUT2D eigenvalue weighted by atomic mass is 35.5. The summed E-state index contributed by atoms with van der Waals surface area (Å²) in [6.45, 7) is 7.51. The van der Waals surface area contributed by atoms with Gasteiger partial charge in [-0.05, 0) is 45.9 Å². The van der Waals surface area contributed by atoms with E-state index in [4.69, 9.17) is 16.7 Å². The minimum absolute atomic E-state index is 0.0418. The number of rotatable bonds is 4. The average molecular weight is 316 g/mol. The van der Waals surface area contributed by atoms with Crippen molar-refractivity contribution in [1.29, 1.82) is 0 Å². The van der Waals surface area contributed by atoms with Gasteiger partial charge in [-0.3, -0.25) is 4.79 Å². The van der Waals surface area contributed by atoms with E-state index in [1.807, 2.05) is 20.8 Å². The highest BCUT2D eigenvalue weighted by Crippen LogP contribution is 2.28. The Bertz CT molecular complexity index is 526. The van der Waals surface area contributed by atoms with Gasteiger partial charge in [-0.15, -0.1) is 11.8 Å². The number of carboxylic acid groups (broad SMARTS) is 1. The summed E-state index contributed by atoms with van der Waals surface area (Å²) in [7, 11) is 0. The van der Waals surface area contributed by atoms with Crippen LogP contribution in [0, 0.1) is 0 Å². The molecule has 110 valence electrons. The predicted octanol–water partition coefficient (Wildman–Crippen LogP) is 3.43. The quantitative estimate of drug-likeness (QED) is 0.835. The van der Waals surface area contributed by atoms with Crippen molar-refractivity contribution in [2.45, 2.75) is 43.4 Å². The molecule has 0 aliphatic carbocycles. The van der Waals surface area contributed by atoms with Gasteiger partial charge in [0.05, 0.1) is 15.8 Å². The summed E-state index contributed by atoms with van der Waals surface area (Å²) in [5.41, 5.74) is -0.252. The number of hydrogen-bond donors (Lipinski definition) is 2. The number of halogens is 1. The van der Waals surface area contributed by atoms with Crippen LogP contribution in [0.5, 0.6) is 0 Å². The van der Waals surface area contributed by atoms with Gasteiger partial charge < -0.3 is 10.4 Å². The summed E-state index contributed by atoms with van der Waals surface area (Å²) in [5, 5.41) is 11.8. The van der Waals surface area contributed by atoms with Crippen LogP contribution in [0.4, 0.5) is 0 Å². The molecule has 0 spiro atoms. The SMILES string of the molecule is CC(Sc1ccc(Cl)c(C(=O)O)c1)C(=O)NC(C)(C)C. The van der Waals surface area contributed by atoms with E-state index in [1.54, 1.807) is 13.0 Å². The second kappa shape index (κ2) is 6.50. The fourth-order valence-corrected chi connectivity index (χ4v) is 2.58. The Hall–Kier alpha value is -1.20. The van der Waals surface area contributed by atoms with Crippen molar-refractivity contribution in [2.24, 2.45) is 0 Å². The van der Waals surface area contributed by atoms with Crippen molar-refractivity contribution < 1.29 is 14.7 Å². The van der Waals surface area contributed by atoms with Crippen LogP contribution in [-0.4, -0.2) is 27.8 Å². The molecular weight excluding hydrogens is 298 g/mol. The lowest BCUT2D eigenvalue weighted by Crippen LogP contribution is -2.44. The van der Waals surface area contributed by atoms with Crippen molar-refractivity contribution in [1.82, 2.24) is 5.32 Å². The van der Waals surface area contributed by atoms with E-state index in [0.717, 1.165) is 0 Å². The van der Waals surface area contributed by atoms with E-state index < -0.39 is 5.97 Å². The first-order valence-electron chi connectivity index (χ1n) is 6.11. The minimum atomic E-state index is -1.08. The van der Waals surface area contributed by atoms with Gasteiger partial charge >= 0.3 is 5.97 Å².